The van der Waals surface area contributed by atoms with E-state index in [2.05, 4.69) is 33.3 Å². The molecule has 0 unspecified atom stereocenters. The topological polar surface area (TPSA) is 26.3 Å². The molecule has 1 aromatic rings. The quantitative estimate of drug-likeness (QED) is 0.385. The predicted molar refractivity (Wildman–Crippen MR) is 80.4 cm³/mol. The lowest BCUT2D eigenvalue weighted by Crippen LogP contribution is -3.00. The number of carbonyl (C=O) groups is 1. The Labute approximate surface area is 145 Å². The summed E-state index contributed by atoms with van der Waals surface area (Å²) in [5, 5.41) is 0. The third-order valence-corrected chi connectivity index (χ3v) is 4.17. The molecule has 21 heavy (non-hydrogen) atoms. The number of halogens is 1. The number of likely N-dealkylation sites (N-methyl/N-ethyl adjacent to an activating group) is 1. The molecule has 1 saturated carbocycles. The summed E-state index contributed by atoms with van der Waals surface area (Å²) in [6.07, 6.45) is 4.05. The largest absolute Gasteiger partial charge is 1.00 e. The summed E-state index contributed by atoms with van der Waals surface area (Å²) in [5.74, 6) is -0.0327. The number of ether oxygens (including phenoxy) is 1. The lowest BCUT2D eigenvalue weighted by atomic mass is 9.79. The van der Waals surface area contributed by atoms with Gasteiger partial charge in [0.15, 0.2) is 0 Å². The maximum Gasteiger partial charge on any atom is 0.316 e. The first-order valence-electron chi connectivity index (χ1n) is 7.47. The molecule has 0 spiro atoms. The Kier molecular flexibility index (Phi) is 6.66. The Morgan fingerprint density at radius 1 is 1.14 bits per heavy atom. The normalized spacial score (nSPS) is 17.1. The lowest BCUT2D eigenvalue weighted by Gasteiger charge is -2.29. The molecule has 1 aromatic carbocycles. The maximum absolute atomic E-state index is 12.6. The molecule has 1 aliphatic rings. The van der Waals surface area contributed by atoms with E-state index in [9.17, 15) is 4.79 Å². The number of esters is 1. The first-order chi connectivity index (χ1) is 9.44. The van der Waals surface area contributed by atoms with E-state index >= 15 is 0 Å². The van der Waals surface area contributed by atoms with E-state index in [0.29, 0.717) is 6.61 Å². The minimum Gasteiger partial charge on any atom is -1.00 e. The molecule has 2 rings (SSSR count). The number of hydrogen-bond acceptors (Lipinski definition) is 2. The van der Waals surface area contributed by atoms with E-state index in [-0.39, 0.29) is 29.9 Å². The van der Waals surface area contributed by atoms with Crippen LogP contribution in [0, 0.1) is 0 Å². The van der Waals surface area contributed by atoms with Crippen LogP contribution in [0.4, 0.5) is 0 Å². The summed E-state index contributed by atoms with van der Waals surface area (Å²) in [7, 11) is 6.32. The van der Waals surface area contributed by atoms with E-state index in [1.165, 1.54) is 0 Å². The first kappa shape index (κ1) is 18.4. The highest BCUT2D eigenvalue weighted by Crippen LogP contribution is 2.42. The van der Waals surface area contributed by atoms with Gasteiger partial charge in [-0.25, -0.2) is 0 Å². The van der Waals surface area contributed by atoms with Gasteiger partial charge in [-0.15, -0.1) is 0 Å². The lowest BCUT2D eigenvalue weighted by molar-refractivity contribution is -0.870. The average Bonchev–Trinajstić information content (AvgIpc) is 2.89. The third-order valence-electron chi connectivity index (χ3n) is 4.17. The van der Waals surface area contributed by atoms with E-state index in [1.54, 1.807) is 0 Å². The Morgan fingerprint density at radius 2 is 1.71 bits per heavy atom. The van der Waals surface area contributed by atoms with Gasteiger partial charge in [-0.05, 0) is 18.4 Å². The van der Waals surface area contributed by atoms with Gasteiger partial charge in [-0.3, -0.25) is 4.79 Å². The fourth-order valence-electron chi connectivity index (χ4n) is 2.90. The molecular formula is C17H26INO2. The van der Waals surface area contributed by atoms with Gasteiger partial charge in [0, 0.05) is 0 Å². The summed E-state index contributed by atoms with van der Waals surface area (Å²) >= 11 is 0. The average molecular weight is 403 g/mol. The van der Waals surface area contributed by atoms with Crippen molar-refractivity contribution in [3.05, 3.63) is 35.9 Å². The summed E-state index contributed by atoms with van der Waals surface area (Å²) in [5.41, 5.74) is 0.722. The molecule has 0 amide bonds. The molecule has 0 aromatic heterocycles. The van der Waals surface area contributed by atoms with Crippen LogP contribution in [-0.4, -0.2) is 44.7 Å². The number of quaternary nitrogens is 1. The van der Waals surface area contributed by atoms with Gasteiger partial charge in [0.1, 0.15) is 13.2 Å². The molecule has 1 fully saturated rings. The molecule has 3 nitrogen and oxygen atoms in total. The zero-order valence-corrected chi connectivity index (χ0v) is 15.4. The molecule has 0 aliphatic heterocycles. The second-order valence-electron chi connectivity index (χ2n) is 6.81. The number of carbonyl (C=O) groups excluding carboxylic acids is 1. The zero-order chi connectivity index (χ0) is 14.6. The molecule has 0 N–H and O–H groups in total. The molecule has 0 heterocycles. The Morgan fingerprint density at radius 3 is 2.24 bits per heavy atom. The number of rotatable bonds is 5. The second-order valence-corrected chi connectivity index (χ2v) is 6.81. The van der Waals surface area contributed by atoms with Gasteiger partial charge in [0.25, 0.3) is 0 Å². The minimum atomic E-state index is -0.397. The monoisotopic (exact) mass is 403 g/mol. The van der Waals surface area contributed by atoms with E-state index < -0.39 is 5.41 Å². The second kappa shape index (κ2) is 7.58. The van der Waals surface area contributed by atoms with Gasteiger partial charge >= 0.3 is 5.97 Å². The van der Waals surface area contributed by atoms with Crippen LogP contribution >= 0.6 is 0 Å². The Hall–Kier alpha value is -0.620. The SMILES string of the molecule is C[N+](C)(C)CCOC(=O)C1(c2ccccc2)CCCC1.[I-]. The third kappa shape index (κ3) is 4.68. The molecular weight excluding hydrogens is 377 g/mol. The van der Waals surface area contributed by atoms with Crippen molar-refractivity contribution in [2.75, 3.05) is 34.3 Å². The summed E-state index contributed by atoms with van der Waals surface area (Å²) in [6.45, 7) is 1.34. The Bertz CT molecular complexity index is 448. The van der Waals surface area contributed by atoms with Crippen molar-refractivity contribution in [3.8, 4) is 0 Å². The molecule has 0 bridgehead atoms. The van der Waals surface area contributed by atoms with Crippen LogP contribution < -0.4 is 24.0 Å². The van der Waals surface area contributed by atoms with Crippen LogP contribution in [0.1, 0.15) is 31.2 Å². The van der Waals surface area contributed by atoms with Crippen LogP contribution in [0.25, 0.3) is 0 Å². The van der Waals surface area contributed by atoms with Crippen LogP contribution in [0.5, 0.6) is 0 Å². The van der Waals surface area contributed by atoms with Crippen molar-refractivity contribution in [3.63, 3.8) is 0 Å². The number of benzene rings is 1. The van der Waals surface area contributed by atoms with Crippen molar-refractivity contribution in [2.45, 2.75) is 31.1 Å². The fraction of sp³-hybridized carbons (Fsp3) is 0.588. The van der Waals surface area contributed by atoms with E-state index in [4.69, 9.17) is 4.74 Å². The molecule has 4 heteroatoms. The van der Waals surface area contributed by atoms with Crippen LogP contribution in [0.3, 0.4) is 0 Å². The summed E-state index contributed by atoms with van der Waals surface area (Å²) < 4.78 is 6.42. The van der Waals surface area contributed by atoms with Crippen molar-refractivity contribution in [1.82, 2.24) is 0 Å². The fourth-order valence-corrected chi connectivity index (χ4v) is 2.90. The smallest absolute Gasteiger partial charge is 0.316 e. The van der Waals surface area contributed by atoms with Gasteiger partial charge in [-0.1, -0.05) is 43.2 Å². The van der Waals surface area contributed by atoms with Crippen molar-refractivity contribution in [2.24, 2.45) is 0 Å². The van der Waals surface area contributed by atoms with Crippen LogP contribution in [0.2, 0.25) is 0 Å². The van der Waals surface area contributed by atoms with Gasteiger partial charge in [0.05, 0.1) is 26.6 Å². The number of hydrogen-bond donors (Lipinski definition) is 0. The molecule has 118 valence electrons. The number of nitrogens with zero attached hydrogens (tertiary/aromatic N) is 1. The first-order valence-corrected chi connectivity index (χ1v) is 7.47. The van der Waals surface area contributed by atoms with Crippen molar-refractivity contribution >= 4 is 5.97 Å². The molecule has 0 radical (unpaired) electrons. The van der Waals surface area contributed by atoms with Crippen molar-refractivity contribution < 1.29 is 38.0 Å². The predicted octanol–water partition coefficient (Wildman–Crippen LogP) is -0.248. The summed E-state index contributed by atoms with van der Waals surface area (Å²) in [6, 6.07) is 10.1. The minimum absolute atomic E-state index is 0. The summed E-state index contributed by atoms with van der Waals surface area (Å²) in [4.78, 5) is 12.6. The zero-order valence-electron chi connectivity index (χ0n) is 13.3. The van der Waals surface area contributed by atoms with E-state index in [0.717, 1.165) is 42.3 Å². The molecule has 1 aliphatic carbocycles. The van der Waals surface area contributed by atoms with Gasteiger partial charge < -0.3 is 33.2 Å². The highest BCUT2D eigenvalue weighted by molar-refractivity contribution is 5.83. The maximum atomic E-state index is 12.6. The van der Waals surface area contributed by atoms with Crippen LogP contribution in [-0.2, 0) is 14.9 Å². The van der Waals surface area contributed by atoms with Gasteiger partial charge in [-0.2, -0.15) is 0 Å². The standard InChI is InChI=1S/C17H26NO2.HI/c1-18(2,3)13-14-20-16(19)17(11-7-8-12-17)15-9-5-4-6-10-15;/h4-6,9-10H,7-8,11-14H2,1-3H3;1H/q+1;/p-1. The molecule has 0 saturated heterocycles. The van der Waals surface area contributed by atoms with Gasteiger partial charge in [0.2, 0.25) is 0 Å². The highest BCUT2D eigenvalue weighted by atomic mass is 127. The van der Waals surface area contributed by atoms with E-state index in [1.807, 2.05) is 18.2 Å². The Balaban J connectivity index is 0.00000220. The van der Waals surface area contributed by atoms with Crippen molar-refractivity contribution in [1.29, 1.82) is 0 Å². The van der Waals surface area contributed by atoms with Crippen LogP contribution in [0.15, 0.2) is 30.3 Å². The highest BCUT2D eigenvalue weighted by Gasteiger charge is 2.44. The molecule has 0 atom stereocenters.